The smallest absolute Gasteiger partial charge is 0.257 e. The fraction of sp³-hybridized carbons (Fsp3) is 0.227. The van der Waals surface area contributed by atoms with Crippen molar-refractivity contribution in [1.82, 2.24) is 9.55 Å². The molecule has 3 rings (SSSR count). The summed E-state index contributed by atoms with van der Waals surface area (Å²) in [6, 6.07) is 14.1. The molecular weight excluding hydrogens is 406 g/mol. The number of rotatable bonds is 7. The average molecular weight is 428 g/mol. The van der Waals surface area contributed by atoms with Crippen LogP contribution in [0.15, 0.2) is 53.3 Å². The van der Waals surface area contributed by atoms with Gasteiger partial charge in [-0.2, -0.15) is 0 Å². The van der Waals surface area contributed by atoms with Crippen LogP contribution in [0.2, 0.25) is 5.02 Å². The van der Waals surface area contributed by atoms with Crippen molar-refractivity contribution in [2.24, 2.45) is 0 Å². The largest absolute Gasteiger partial charge is 0.495 e. The Morgan fingerprint density at radius 3 is 2.60 bits per heavy atom. The van der Waals surface area contributed by atoms with Crippen molar-refractivity contribution >= 4 is 23.2 Å². The van der Waals surface area contributed by atoms with Gasteiger partial charge in [0.15, 0.2) is 0 Å². The highest BCUT2D eigenvalue weighted by Gasteiger charge is 2.18. The Morgan fingerprint density at radius 1 is 1.23 bits per heavy atom. The van der Waals surface area contributed by atoms with Gasteiger partial charge in [-0.25, -0.2) is 4.98 Å². The number of aliphatic hydroxyl groups is 1. The highest BCUT2D eigenvalue weighted by atomic mass is 35.5. The lowest BCUT2D eigenvalue weighted by Crippen LogP contribution is -2.33. The molecule has 1 heterocycles. The van der Waals surface area contributed by atoms with Crippen molar-refractivity contribution < 1.29 is 14.6 Å². The lowest BCUT2D eigenvalue weighted by Gasteiger charge is -2.16. The molecule has 0 saturated carbocycles. The lowest BCUT2D eigenvalue weighted by molar-refractivity contribution is -0.116. The molecule has 0 fully saturated rings. The number of ether oxygens (including phenoxy) is 1. The number of nitrogens with zero attached hydrogens (tertiary/aromatic N) is 2. The molecule has 0 unspecified atom stereocenters. The first-order valence-corrected chi connectivity index (χ1v) is 9.72. The van der Waals surface area contributed by atoms with Crippen molar-refractivity contribution in [2.45, 2.75) is 19.9 Å². The minimum absolute atomic E-state index is 0.169. The molecule has 156 valence electrons. The summed E-state index contributed by atoms with van der Waals surface area (Å²) in [5.74, 6) is 0.479. The summed E-state index contributed by atoms with van der Waals surface area (Å²) < 4.78 is 6.44. The van der Waals surface area contributed by atoms with E-state index in [9.17, 15) is 14.7 Å². The molecule has 1 amide bonds. The number of aryl methyl sites for hydroxylation is 1. The summed E-state index contributed by atoms with van der Waals surface area (Å²) in [6.45, 7) is 1.31. The van der Waals surface area contributed by atoms with Crippen molar-refractivity contribution in [3.63, 3.8) is 0 Å². The fourth-order valence-electron chi connectivity index (χ4n) is 3.14. The maximum atomic E-state index is 13.1. The molecule has 0 radical (unpaired) electrons. The van der Waals surface area contributed by atoms with Crippen LogP contribution in [0.1, 0.15) is 11.3 Å². The number of anilines is 1. The van der Waals surface area contributed by atoms with E-state index in [0.717, 1.165) is 0 Å². The van der Waals surface area contributed by atoms with E-state index in [-0.39, 0.29) is 25.1 Å². The topological polar surface area (TPSA) is 93.4 Å². The molecule has 0 spiro atoms. The molecule has 0 atom stereocenters. The number of benzene rings is 2. The number of nitrogens with one attached hydrogen (secondary N) is 1. The maximum absolute atomic E-state index is 13.1. The Bertz CT molecular complexity index is 1110. The van der Waals surface area contributed by atoms with Crippen LogP contribution in [0.4, 0.5) is 5.69 Å². The molecule has 3 aromatic rings. The number of aromatic nitrogens is 2. The van der Waals surface area contributed by atoms with Crippen LogP contribution >= 0.6 is 11.6 Å². The van der Waals surface area contributed by atoms with E-state index in [4.69, 9.17) is 16.3 Å². The number of halogens is 1. The molecule has 8 heteroatoms. The van der Waals surface area contributed by atoms with Gasteiger partial charge in [0.25, 0.3) is 5.56 Å². The first-order valence-electron chi connectivity index (χ1n) is 9.34. The van der Waals surface area contributed by atoms with Crippen LogP contribution in [-0.4, -0.2) is 34.3 Å². The molecule has 0 saturated heterocycles. The van der Waals surface area contributed by atoms with Crippen molar-refractivity contribution in [1.29, 1.82) is 0 Å². The van der Waals surface area contributed by atoms with Crippen LogP contribution in [0.3, 0.4) is 0 Å². The third kappa shape index (κ3) is 4.69. The average Bonchev–Trinajstić information content (AvgIpc) is 2.73. The summed E-state index contributed by atoms with van der Waals surface area (Å²) in [6.07, 6.45) is 0.169. The van der Waals surface area contributed by atoms with E-state index >= 15 is 0 Å². The molecular formula is C22H22ClN3O4. The van der Waals surface area contributed by atoms with Gasteiger partial charge in [-0.15, -0.1) is 0 Å². The molecule has 30 heavy (non-hydrogen) atoms. The number of carbonyl (C=O) groups is 1. The quantitative estimate of drug-likeness (QED) is 0.604. The summed E-state index contributed by atoms with van der Waals surface area (Å²) >= 11 is 6.11. The number of carbonyl (C=O) groups excluding carboxylic acids is 1. The van der Waals surface area contributed by atoms with Crippen LogP contribution in [0, 0.1) is 6.92 Å². The van der Waals surface area contributed by atoms with E-state index in [0.29, 0.717) is 39.1 Å². The zero-order chi connectivity index (χ0) is 21.7. The molecule has 2 aromatic carbocycles. The van der Waals surface area contributed by atoms with E-state index in [1.807, 2.05) is 30.3 Å². The van der Waals surface area contributed by atoms with E-state index < -0.39 is 5.91 Å². The number of methoxy groups -OCH3 is 1. The fourth-order valence-corrected chi connectivity index (χ4v) is 3.40. The van der Waals surface area contributed by atoms with Crippen LogP contribution < -0.4 is 15.6 Å². The Hall–Kier alpha value is -3.16. The van der Waals surface area contributed by atoms with Gasteiger partial charge < -0.3 is 15.2 Å². The standard InChI is InChI=1S/C22H22ClN3O4/c1-14-17(10-11-27)22(29)26(21(24-14)15-6-4-3-5-7-15)13-20(28)25-16-8-9-19(30-2)18(23)12-16/h3-9,12,27H,10-11,13H2,1-2H3,(H,25,28). The highest BCUT2D eigenvalue weighted by Crippen LogP contribution is 2.27. The summed E-state index contributed by atoms with van der Waals surface area (Å²) in [5.41, 5.74) is 1.77. The minimum Gasteiger partial charge on any atom is -0.495 e. The number of hydrogen-bond donors (Lipinski definition) is 2. The van der Waals surface area contributed by atoms with Gasteiger partial charge in [0.05, 0.1) is 12.1 Å². The van der Waals surface area contributed by atoms with Gasteiger partial charge in [0, 0.05) is 35.5 Å². The van der Waals surface area contributed by atoms with Crippen LogP contribution in [0.25, 0.3) is 11.4 Å². The van der Waals surface area contributed by atoms with Gasteiger partial charge in [0.1, 0.15) is 18.1 Å². The second-order valence-corrected chi connectivity index (χ2v) is 7.04. The molecule has 0 aliphatic heterocycles. The predicted molar refractivity (Wildman–Crippen MR) is 116 cm³/mol. The van der Waals surface area contributed by atoms with Gasteiger partial charge >= 0.3 is 0 Å². The van der Waals surface area contributed by atoms with Crippen LogP contribution in [0.5, 0.6) is 5.75 Å². The second kappa shape index (κ2) is 9.56. The molecule has 0 aliphatic carbocycles. The zero-order valence-electron chi connectivity index (χ0n) is 16.7. The highest BCUT2D eigenvalue weighted by molar-refractivity contribution is 6.32. The molecule has 0 aliphatic rings. The molecule has 1 aromatic heterocycles. The first-order chi connectivity index (χ1) is 14.4. The van der Waals surface area contributed by atoms with E-state index in [1.54, 1.807) is 25.1 Å². The summed E-state index contributed by atoms with van der Waals surface area (Å²) in [7, 11) is 1.51. The SMILES string of the molecule is COc1ccc(NC(=O)Cn2c(-c3ccccc3)nc(C)c(CCO)c2=O)cc1Cl. The van der Waals surface area contributed by atoms with Gasteiger partial charge in [-0.05, 0) is 25.1 Å². The van der Waals surface area contributed by atoms with Gasteiger partial charge in [-0.1, -0.05) is 41.9 Å². The summed E-state index contributed by atoms with van der Waals surface area (Å²) in [5, 5.41) is 12.4. The molecule has 0 bridgehead atoms. The Balaban J connectivity index is 1.97. The summed E-state index contributed by atoms with van der Waals surface area (Å²) in [4.78, 5) is 30.4. The van der Waals surface area contributed by atoms with Crippen molar-refractivity contribution in [2.75, 3.05) is 19.0 Å². The van der Waals surface area contributed by atoms with E-state index in [1.165, 1.54) is 11.7 Å². The van der Waals surface area contributed by atoms with Crippen molar-refractivity contribution in [3.8, 4) is 17.1 Å². The van der Waals surface area contributed by atoms with Crippen molar-refractivity contribution in [3.05, 3.63) is 75.2 Å². The zero-order valence-corrected chi connectivity index (χ0v) is 17.4. The number of aliphatic hydroxyl groups excluding tert-OH is 1. The molecule has 7 nitrogen and oxygen atoms in total. The Labute approximate surface area is 178 Å². The Kier molecular flexibility index (Phi) is 6.87. The lowest BCUT2D eigenvalue weighted by atomic mass is 10.1. The van der Waals surface area contributed by atoms with E-state index in [2.05, 4.69) is 10.3 Å². The van der Waals surface area contributed by atoms with Gasteiger partial charge in [-0.3, -0.25) is 14.2 Å². The monoisotopic (exact) mass is 427 g/mol. The number of hydrogen-bond acceptors (Lipinski definition) is 5. The third-order valence-electron chi connectivity index (χ3n) is 4.60. The minimum atomic E-state index is -0.406. The second-order valence-electron chi connectivity index (χ2n) is 6.63. The van der Waals surface area contributed by atoms with Crippen LogP contribution in [-0.2, 0) is 17.8 Å². The Morgan fingerprint density at radius 2 is 1.97 bits per heavy atom. The maximum Gasteiger partial charge on any atom is 0.257 e. The predicted octanol–water partition coefficient (Wildman–Crippen LogP) is 3.05. The molecule has 2 N–H and O–H groups in total. The third-order valence-corrected chi connectivity index (χ3v) is 4.90. The normalized spacial score (nSPS) is 10.7. The first kappa shape index (κ1) is 21.5. The van der Waals surface area contributed by atoms with Gasteiger partial charge in [0.2, 0.25) is 5.91 Å². The number of amides is 1.